The minimum Gasteiger partial charge on any atom is -0.356 e. The Hall–Kier alpha value is -2.18. The van der Waals surface area contributed by atoms with Gasteiger partial charge in [-0.05, 0) is 36.6 Å². The number of amides is 1. The van der Waals surface area contributed by atoms with Crippen molar-refractivity contribution < 1.29 is 13.2 Å². The number of hydrogen-bond donors (Lipinski definition) is 2. The lowest BCUT2D eigenvalue weighted by molar-refractivity contribution is -0.120. The molecule has 0 saturated carbocycles. The zero-order valence-electron chi connectivity index (χ0n) is 13.7. The molecule has 0 unspecified atom stereocenters. The normalized spacial score (nSPS) is 11.2. The van der Waals surface area contributed by atoms with E-state index in [1.807, 2.05) is 37.3 Å². The molecule has 0 aliphatic carbocycles. The monoisotopic (exact) mass is 346 g/mol. The molecule has 2 N–H and O–H groups in total. The number of hydrogen-bond acceptors (Lipinski definition) is 3. The molecule has 0 heterocycles. The van der Waals surface area contributed by atoms with Gasteiger partial charge in [0.25, 0.3) is 0 Å². The highest BCUT2D eigenvalue weighted by atomic mass is 32.2. The lowest BCUT2D eigenvalue weighted by Crippen LogP contribution is -2.23. The summed E-state index contributed by atoms with van der Waals surface area (Å²) < 4.78 is 27.2. The molecule has 128 valence electrons. The van der Waals surface area contributed by atoms with E-state index in [2.05, 4.69) is 10.0 Å². The van der Waals surface area contributed by atoms with Crippen molar-refractivity contribution in [3.63, 3.8) is 0 Å². The van der Waals surface area contributed by atoms with Gasteiger partial charge in [0, 0.05) is 19.5 Å². The van der Waals surface area contributed by atoms with Crippen molar-refractivity contribution in [3.05, 3.63) is 65.7 Å². The molecule has 6 heteroatoms. The molecular formula is C18H22N2O3S. The van der Waals surface area contributed by atoms with E-state index in [0.717, 1.165) is 11.1 Å². The van der Waals surface area contributed by atoms with Crippen molar-refractivity contribution >= 4 is 15.9 Å². The Morgan fingerprint density at radius 1 is 0.958 bits per heavy atom. The molecule has 0 aliphatic rings. The first-order valence-electron chi connectivity index (χ1n) is 7.90. The average molecular weight is 346 g/mol. The molecule has 24 heavy (non-hydrogen) atoms. The number of nitrogens with one attached hydrogen (secondary N) is 2. The fourth-order valence-electron chi connectivity index (χ4n) is 2.24. The van der Waals surface area contributed by atoms with Gasteiger partial charge in [-0.2, -0.15) is 0 Å². The van der Waals surface area contributed by atoms with Gasteiger partial charge in [0.1, 0.15) is 0 Å². The largest absolute Gasteiger partial charge is 0.356 e. The van der Waals surface area contributed by atoms with Gasteiger partial charge in [0.05, 0.1) is 4.90 Å². The molecule has 2 aromatic rings. The zero-order chi connectivity index (χ0) is 17.4. The molecule has 0 aliphatic heterocycles. The quantitative estimate of drug-likeness (QED) is 0.770. The molecule has 2 rings (SSSR count). The van der Waals surface area contributed by atoms with Crippen LogP contribution in [0.5, 0.6) is 0 Å². The van der Waals surface area contributed by atoms with Crippen LogP contribution in [0.25, 0.3) is 0 Å². The van der Waals surface area contributed by atoms with Crippen LogP contribution in [0, 0.1) is 0 Å². The summed E-state index contributed by atoms with van der Waals surface area (Å²) in [4.78, 5) is 11.7. The Labute approximate surface area is 143 Å². The third-order valence-corrected chi connectivity index (χ3v) is 4.97. The Bertz CT molecular complexity index is 757. The lowest BCUT2D eigenvalue weighted by atomic mass is 10.1. The van der Waals surface area contributed by atoms with E-state index in [-0.39, 0.29) is 17.3 Å². The Morgan fingerprint density at radius 2 is 1.62 bits per heavy atom. The molecule has 2 aromatic carbocycles. The van der Waals surface area contributed by atoms with Gasteiger partial charge < -0.3 is 5.32 Å². The fraction of sp³-hybridized carbons (Fsp3) is 0.278. The maximum Gasteiger partial charge on any atom is 0.240 e. The van der Waals surface area contributed by atoms with Crippen LogP contribution < -0.4 is 10.0 Å². The van der Waals surface area contributed by atoms with Crippen molar-refractivity contribution in [3.8, 4) is 0 Å². The lowest BCUT2D eigenvalue weighted by Gasteiger charge is -2.08. The van der Waals surface area contributed by atoms with Gasteiger partial charge in [0.15, 0.2) is 0 Å². The van der Waals surface area contributed by atoms with Crippen molar-refractivity contribution in [2.24, 2.45) is 0 Å². The topological polar surface area (TPSA) is 75.3 Å². The van der Waals surface area contributed by atoms with E-state index in [9.17, 15) is 13.2 Å². The summed E-state index contributed by atoms with van der Waals surface area (Å²) in [5, 5.41) is 2.74. The molecule has 0 spiro atoms. The Balaban J connectivity index is 1.94. The predicted octanol–water partition coefficient (Wildman–Crippen LogP) is 2.23. The molecular weight excluding hydrogens is 324 g/mol. The van der Waals surface area contributed by atoms with Gasteiger partial charge in [-0.15, -0.1) is 0 Å². The van der Waals surface area contributed by atoms with Gasteiger partial charge in [-0.1, -0.05) is 42.5 Å². The number of rotatable bonds is 8. The Morgan fingerprint density at radius 3 is 2.25 bits per heavy atom. The SMILES string of the molecule is CCNC(=O)CCc1ccc(S(=O)(=O)NCc2ccccc2)cc1. The molecule has 0 saturated heterocycles. The van der Waals surface area contributed by atoms with Gasteiger partial charge in [-0.3, -0.25) is 4.79 Å². The van der Waals surface area contributed by atoms with Crippen LogP contribution in [0.15, 0.2) is 59.5 Å². The molecule has 0 bridgehead atoms. The molecule has 0 radical (unpaired) electrons. The first-order chi connectivity index (χ1) is 11.5. The summed E-state index contributed by atoms with van der Waals surface area (Å²) in [5.74, 6) is -0.00118. The van der Waals surface area contributed by atoms with Crippen LogP contribution in [-0.4, -0.2) is 20.9 Å². The van der Waals surface area contributed by atoms with Crippen LogP contribution in [0.4, 0.5) is 0 Å². The molecule has 1 amide bonds. The Kier molecular flexibility index (Phi) is 6.52. The van der Waals surface area contributed by atoms with Gasteiger partial charge in [0.2, 0.25) is 15.9 Å². The fourth-order valence-corrected chi connectivity index (χ4v) is 3.25. The smallest absolute Gasteiger partial charge is 0.240 e. The van der Waals surface area contributed by atoms with Crippen LogP contribution >= 0.6 is 0 Å². The summed E-state index contributed by atoms with van der Waals surface area (Å²) in [6, 6.07) is 16.0. The number of aryl methyl sites for hydroxylation is 1. The van der Waals surface area contributed by atoms with Crippen molar-refractivity contribution in [1.29, 1.82) is 0 Å². The van der Waals surface area contributed by atoms with Crippen molar-refractivity contribution in [1.82, 2.24) is 10.0 Å². The minimum atomic E-state index is -3.54. The van der Waals surface area contributed by atoms with E-state index in [4.69, 9.17) is 0 Å². The first kappa shape index (κ1) is 18.2. The second-order valence-electron chi connectivity index (χ2n) is 5.41. The summed E-state index contributed by atoms with van der Waals surface area (Å²) in [7, 11) is -3.54. The third-order valence-electron chi connectivity index (χ3n) is 3.56. The van der Waals surface area contributed by atoms with Crippen LogP contribution in [0.3, 0.4) is 0 Å². The average Bonchev–Trinajstić information content (AvgIpc) is 2.60. The number of benzene rings is 2. The van der Waals surface area contributed by atoms with E-state index in [1.165, 1.54) is 0 Å². The second kappa shape index (κ2) is 8.61. The number of carbonyl (C=O) groups is 1. The summed E-state index contributed by atoms with van der Waals surface area (Å²) in [6.45, 7) is 2.74. The second-order valence-corrected chi connectivity index (χ2v) is 7.17. The van der Waals surface area contributed by atoms with Gasteiger partial charge >= 0.3 is 0 Å². The maximum atomic E-state index is 12.3. The molecule has 0 atom stereocenters. The van der Waals surface area contributed by atoms with E-state index < -0.39 is 10.0 Å². The first-order valence-corrected chi connectivity index (χ1v) is 9.39. The summed E-state index contributed by atoms with van der Waals surface area (Å²) >= 11 is 0. The van der Waals surface area contributed by atoms with E-state index in [1.54, 1.807) is 24.3 Å². The van der Waals surface area contributed by atoms with Gasteiger partial charge in [-0.25, -0.2) is 13.1 Å². The highest BCUT2D eigenvalue weighted by molar-refractivity contribution is 7.89. The third kappa shape index (κ3) is 5.47. The van der Waals surface area contributed by atoms with Crippen LogP contribution in [0.2, 0.25) is 0 Å². The summed E-state index contributed by atoms with van der Waals surface area (Å²) in [5.41, 5.74) is 1.84. The van der Waals surface area contributed by atoms with Crippen molar-refractivity contribution in [2.45, 2.75) is 31.2 Å². The minimum absolute atomic E-state index is 0.00118. The molecule has 0 fully saturated rings. The molecule has 5 nitrogen and oxygen atoms in total. The maximum absolute atomic E-state index is 12.3. The van der Waals surface area contributed by atoms with Crippen LogP contribution in [0.1, 0.15) is 24.5 Å². The predicted molar refractivity (Wildman–Crippen MR) is 93.9 cm³/mol. The number of carbonyl (C=O) groups excluding carboxylic acids is 1. The highest BCUT2D eigenvalue weighted by Crippen LogP contribution is 2.12. The number of sulfonamides is 1. The molecule has 0 aromatic heterocycles. The van der Waals surface area contributed by atoms with Crippen LogP contribution in [-0.2, 0) is 27.8 Å². The van der Waals surface area contributed by atoms with E-state index >= 15 is 0 Å². The standard InChI is InChI=1S/C18H22N2O3S/c1-2-19-18(21)13-10-15-8-11-17(12-9-15)24(22,23)20-14-16-6-4-3-5-7-16/h3-9,11-12,20H,2,10,13-14H2,1H3,(H,19,21). The highest BCUT2D eigenvalue weighted by Gasteiger charge is 2.13. The summed E-state index contributed by atoms with van der Waals surface area (Å²) in [6.07, 6.45) is 0.982. The van der Waals surface area contributed by atoms with E-state index in [0.29, 0.717) is 19.4 Å². The zero-order valence-corrected chi connectivity index (χ0v) is 14.5. The van der Waals surface area contributed by atoms with Crippen molar-refractivity contribution in [2.75, 3.05) is 6.54 Å².